The fourth-order valence-corrected chi connectivity index (χ4v) is 2.07. The molecule has 1 aromatic rings. The first-order valence-corrected chi connectivity index (χ1v) is 8.78. The first kappa shape index (κ1) is 24.8. The van der Waals surface area contributed by atoms with Crippen molar-refractivity contribution in [2.75, 3.05) is 0 Å². The van der Waals surface area contributed by atoms with E-state index in [-0.39, 0.29) is 26.2 Å². The Hall–Kier alpha value is -0.157. The minimum absolute atomic E-state index is 0. The van der Waals surface area contributed by atoms with Crippen molar-refractivity contribution in [1.29, 1.82) is 0 Å². The van der Waals surface area contributed by atoms with E-state index < -0.39 is 0 Å². The van der Waals surface area contributed by atoms with Crippen molar-refractivity contribution in [2.45, 2.75) is 39.5 Å². The normalized spacial score (nSPS) is 16.2. The van der Waals surface area contributed by atoms with Gasteiger partial charge in [0.1, 0.15) is 0 Å². The van der Waals surface area contributed by atoms with E-state index >= 15 is 0 Å². The van der Waals surface area contributed by atoms with Crippen LogP contribution in [0.15, 0.2) is 24.3 Å². The number of unbranched alkanes of at least 4 members (excludes halogenated alkanes) is 1. The maximum Gasteiger partial charge on any atom is 2.00 e. The average Bonchev–Trinajstić information content (AvgIpc) is 3.38. The molecule has 0 aliphatic heterocycles. The van der Waals surface area contributed by atoms with Crippen LogP contribution in [0.4, 0.5) is 0 Å². The Labute approximate surface area is 177 Å². The molecule has 128 valence electrons. The van der Waals surface area contributed by atoms with E-state index in [1.807, 2.05) is 76.3 Å². The van der Waals surface area contributed by atoms with Gasteiger partial charge < -0.3 is 11.6 Å². The zero-order valence-electron chi connectivity index (χ0n) is 15.4. The zero-order valence-corrected chi connectivity index (χ0v) is 17.9. The smallest absolute Gasteiger partial charge is 0.323 e. The molecule has 0 heterocycles. The molecule has 1 aromatic carbocycles. The Bertz CT molecular complexity index is 374. The number of hydrogen-bond donors (Lipinski definition) is 0. The second-order valence-electron chi connectivity index (χ2n) is 5.36. The van der Waals surface area contributed by atoms with Crippen LogP contribution in [0.3, 0.4) is 0 Å². The van der Waals surface area contributed by atoms with Crippen molar-refractivity contribution in [2.24, 2.45) is 0 Å². The molecule has 0 unspecified atom stereocenters. The summed E-state index contributed by atoms with van der Waals surface area (Å²) in [5.41, 5.74) is 2.54. The van der Waals surface area contributed by atoms with Gasteiger partial charge in [0.05, 0.1) is 0 Å². The van der Waals surface area contributed by atoms with Crippen molar-refractivity contribution >= 4 is 5.57 Å². The molecule has 0 atom stereocenters. The number of allylic oxidation sites excluding steroid dienone is 2. The summed E-state index contributed by atoms with van der Waals surface area (Å²) in [7, 11) is 0. The number of benzene rings is 1. The molecule has 0 nitrogen and oxygen atoms in total. The molecule has 0 bridgehead atoms. The summed E-state index contributed by atoms with van der Waals surface area (Å²) in [6.07, 6.45) is 28.0. The largest absolute Gasteiger partial charge is 2.00 e. The molecule has 0 N–H and O–H groups in total. The first-order chi connectivity index (χ1) is 11.9. The van der Waals surface area contributed by atoms with Gasteiger partial charge in [-0.1, -0.05) is 33.1 Å². The summed E-state index contributed by atoms with van der Waals surface area (Å²) < 4.78 is 0. The predicted octanol–water partition coefficient (Wildman–Crippen LogP) is 6.31. The van der Waals surface area contributed by atoms with Crippen molar-refractivity contribution in [3.8, 4) is 0 Å². The molecule has 10 radical (unpaired) electrons. The van der Waals surface area contributed by atoms with Gasteiger partial charge in [-0.25, -0.2) is 12.1 Å². The molecule has 2 aliphatic rings. The third kappa shape index (κ3) is 13.7. The fraction of sp³-hybridized carbons (Fsp3) is 0.250. The Morgan fingerprint density at radius 3 is 1.68 bits per heavy atom. The Morgan fingerprint density at radius 2 is 1.32 bits per heavy atom. The Morgan fingerprint density at radius 1 is 0.800 bits per heavy atom. The number of rotatable bonds is 5. The molecule has 3 rings (SSSR count). The summed E-state index contributed by atoms with van der Waals surface area (Å²) in [6, 6.07) is 11.4. The van der Waals surface area contributed by atoms with Crippen LogP contribution < -0.4 is 0 Å². The maximum absolute atomic E-state index is 3.47. The second kappa shape index (κ2) is 18.6. The van der Waals surface area contributed by atoms with Gasteiger partial charge in [0.25, 0.3) is 0 Å². The third-order valence-corrected chi connectivity index (χ3v) is 3.23. The monoisotopic (exact) mass is 406 g/mol. The fourth-order valence-electron chi connectivity index (χ4n) is 2.07. The average molecular weight is 408 g/mol. The van der Waals surface area contributed by atoms with Crippen molar-refractivity contribution in [3.05, 3.63) is 106 Å². The topological polar surface area (TPSA) is 0 Å². The van der Waals surface area contributed by atoms with E-state index in [0.717, 1.165) is 12.8 Å². The van der Waals surface area contributed by atoms with Gasteiger partial charge in [-0.05, 0) is 64.2 Å². The molecule has 0 aromatic heterocycles. The molecule has 1 heteroatoms. The summed E-state index contributed by atoms with van der Waals surface area (Å²) >= 11 is 0. The maximum atomic E-state index is 3.47. The zero-order chi connectivity index (χ0) is 17.3. The summed E-state index contributed by atoms with van der Waals surface area (Å²) in [6.45, 7) is 4.39. The van der Waals surface area contributed by atoms with Gasteiger partial charge in [0.2, 0.25) is 0 Å². The molecule has 2 fully saturated rings. The molecular formula is C24H28Zr. The van der Waals surface area contributed by atoms with E-state index in [1.165, 1.54) is 24.0 Å². The van der Waals surface area contributed by atoms with Crippen LogP contribution in [0.25, 0.3) is 5.57 Å². The van der Waals surface area contributed by atoms with Crippen LogP contribution in [0.5, 0.6) is 0 Å². The first-order valence-electron chi connectivity index (χ1n) is 8.78. The van der Waals surface area contributed by atoms with Crippen molar-refractivity contribution < 1.29 is 26.2 Å². The SMILES string of the molecule is CCC[C-]=C(CCC)c1[c-]cccc1.[CH]1[CH][CH][CH][CH]1.[CH]1[CH][CH][CH][CH]1.[Zr+2]. The third-order valence-electron chi connectivity index (χ3n) is 3.23. The summed E-state index contributed by atoms with van der Waals surface area (Å²) in [5, 5.41) is 0. The van der Waals surface area contributed by atoms with Gasteiger partial charge in [-0.15, -0.1) is 12.5 Å². The second-order valence-corrected chi connectivity index (χ2v) is 5.36. The molecular weight excluding hydrogens is 379 g/mol. The van der Waals surface area contributed by atoms with Gasteiger partial charge in [0, 0.05) is 0 Å². The molecule has 2 aliphatic carbocycles. The Balaban J connectivity index is 0.000000425. The van der Waals surface area contributed by atoms with Crippen LogP contribution in [0.1, 0.15) is 45.1 Å². The molecule has 0 amide bonds. The van der Waals surface area contributed by atoms with Crippen LogP contribution in [0.2, 0.25) is 0 Å². The van der Waals surface area contributed by atoms with Crippen molar-refractivity contribution in [1.82, 2.24) is 0 Å². The van der Waals surface area contributed by atoms with E-state index in [1.54, 1.807) is 0 Å². The van der Waals surface area contributed by atoms with Crippen LogP contribution in [-0.4, -0.2) is 0 Å². The van der Waals surface area contributed by atoms with E-state index in [4.69, 9.17) is 0 Å². The predicted molar refractivity (Wildman–Crippen MR) is 105 cm³/mol. The van der Waals surface area contributed by atoms with Crippen LogP contribution in [0, 0.1) is 76.4 Å². The number of hydrogen-bond acceptors (Lipinski definition) is 0. The van der Waals surface area contributed by atoms with Gasteiger partial charge >= 0.3 is 26.2 Å². The Kier molecular flexibility index (Phi) is 18.5. The van der Waals surface area contributed by atoms with Crippen LogP contribution >= 0.6 is 0 Å². The summed E-state index contributed by atoms with van der Waals surface area (Å²) in [4.78, 5) is 0. The summed E-state index contributed by atoms with van der Waals surface area (Å²) in [5.74, 6) is 0. The van der Waals surface area contributed by atoms with Gasteiger partial charge in [-0.3, -0.25) is 5.57 Å². The van der Waals surface area contributed by atoms with Gasteiger partial charge in [-0.2, -0.15) is 12.1 Å². The minimum atomic E-state index is 0. The van der Waals surface area contributed by atoms with E-state index in [0.29, 0.717) is 0 Å². The minimum Gasteiger partial charge on any atom is -0.323 e. The van der Waals surface area contributed by atoms with Gasteiger partial charge in [0.15, 0.2) is 0 Å². The molecule has 0 saturated heterocycles. The molecule has 2 saturated carbocycles. The van der Waals surface area contributed by atoms with Crippen LogP contribution in [-0.2, 0) is 26.2 Å². The van der Waals surface area contributed by atoms with E-state index in [2.05, 4.69) is 38.1 Å². The molecule has 25 heavy (non-hydrogen) atoms. The van der Waals surface area contributed by atoms with Crippen molar-refractivity contribution in [3.63, 3.8) is 0 Å². The standard InChI is InChI=1S/C14H18.2C5H5.Zr/c1-3-5-10-13(9-4-2)14-11-7-6-8-12-14;2*1-2-4-5-3-1;/h6-8,11H,3-5,9H2,1-2H3;2*1-5H;/q-2;;;+2. The molecule has 0 spiro atoms. The quantitative estimate of drug-likeness (QED) is 0.501. The van der Waals surface area contributed by atoms with E-state index in [9.17, 15) is 0 Å².